The number of esters is 1. The molecule has 0 saturated carbocycles. The van der Waals surface area contributed by atoms with Crippen molar-refractivity contribution < 1.29 is 38.5 Å². The van der Waals surface area contributed by atoms with Crippen LogP contribution in [-0.2, 0) is 16.5 Å². The minimum absolute atomic E-state index is 0.0783. The van der Waals surface area contributed by atoms with E-state index in [2.05, 4.69) is 10.2 Å². The van der Waals surface area contributed by atoms with Crippen LogP contribution in [0.3, 0.4) is 0 Å². The number of alkyl halides is 1. The van der Waals surface area contributed by atoms with Gasteiger partial charge in [0.2, 0.25) is 0 Å². The Labute approximate surface area is 267 Å². The number of likely N-dealkylation sites (N-methyl/N-ethyl adjacent to an activating group) is 1. The second-order valence-corrected chi connectivity index (χ2v) is 34.3. The molecule has 2 aromatic heterocycles. The second kappa shape index (κ2) is 13.9. The molecule has 0 saturated heterocycles. The fourth-order valence-corrected chi connectivity index (χ4v) is 35.5. The molecule has 0 N–H and O–H groups in total. The fraction of sp³-hybridized carbons (Fsp3) is 0.321. The van der Waals surface area contributed by atoms with E-state index < -0.39 is 50.3 Å². The molecule has 0 unspecified atom stereocenters. The van der Waals surface area contributed by atoms with Crippen LogP contribution in [-0.4, -0.2) is 71.3 Å². The molecule has 9 nitrogen and oxygen atoms in total. The molecule has 4 aromatic rings. The summed E-state index contributed by atoms with van der Waals surface area (Å²) in [6, 6.07) is 15.7. The molecule has 0 spiro atoms. The maximum atomic E-state index is 13.6. The Morgan fingerprint density at radius 1 is 1.02 bits per heavy atom. The molecular weight excluding hydrogens is 829 g/mol. The molecule has 42 heavy (non-hydrogen) atoms. The standard InChI is InChI=1S/C28H31Cl2I2N4O5S/c1-28(2,3)41-27(37)18-32(31-42(38,39)23-16-20(29)15-21(30)17-23)22-6-7-24-19(14-22)10-11-36(24)25-8-9-26(34-33-25)40-13-12-35(4)5/h6-11,14-17H,12-13,18H2,1-5H3/q-1. The predicted octanol–water partition coefficient (Wildman–Crippen LogP) is 3.08. The van der Waals surface area contributed by atoms with Gasteiger partial charge in [0.1, 0.15) is 0 Å². The molecule has 0 aliphatic rings. The summed E-state index contributed by atoms with van der Waals surface area (Å²) in [5, 5.41) is 9.91. The first-order chi connectivity index (χ1) is 19.7. The van der Waals surface area contributed by atoms with Gasteiger partial charge in [-0.15, -0.1) is 0 Å². The third-order valence-corrected chi connectivity index (χ3v) is 36.4. The summed E-state index contributed by atoms with van der Waals surface area (Å²) in [6.07, 6.45) is 1.89. The molecule has 0 fully saturated rings. The molecule has 0 aliphatic heterocycles. The number of aromatic nitrogens is 3. The Morgan fingerprint density at radius 3 is 2.36 bits per heavy atom. The van der Waals surface area contributed by atoms with Gasteiger partial charge in [0.05, 0.1) is 0 Å². The van der Waals surface area contributed by atoms with Gasteiger partial charge in [0.15, 0.2) is 0 Å². The summed E-state index contributed by atoms with van der Waals surface area (Å²) in [5.74, 6) is 0.671. The van der Waals surface area contributed by atoms with Crippen molar-refractivity contribution in [2.24, 2.45) is 0 Å². The first kappa shape index (κ1) is 33.2. The summed E-state index contributed by atoms with van der Waals surface area (Å²) < 4.78 is 41.2. The van der Waals surface area contributed by atoms with Crippen LogP contribution in [0, 0.1) is 3.57 Å². The molecule has 0 amide bonds. The van der Waals surface area contributed by atoms with Crippen LogP contribution in [0.4, 0.5) is 0 Å². The van der Waals surface area contributed by atoms with E-state index in [1.54, 1.807) is 26.8 Å². The van der Waals surface area contributed by atoms with Crippen LogP contribution < -0.4 is 20.6 Å². The van der Waals surface area contributed by atoms with Gasteiger partial charge in [-0.25, -0.2) is 0 Å². The van der Waals surface area contributed by atoms with Crippen LogP contribution in [0.1, 0.15) is 20.8 Å². The zero-order valence-corrected chi connectivity index (χ0v) is 30.3. The van der Waals surface area contributed by atoms with Gasteiger partial charge in [-0.3, -0.25) is 0 Å². The number of halogens is 4. The van der Waals surface area contributed by atoms with Crippen molar-refractivity contribution in [2.45, 2.75) is 31.3 Å². The Bertz CT molecular complexity index is 1660. The second-order valence-electron chi connectivity index (χ2n) is 10.4. The van der Waals surface area contributed by atoms with E-state index in [-0.39, 0.29) is 19.4 Å². The van der Waals surface area contributed by atoms with Crippen molar-refractivity contribution in [3.63, 3.8) is 0 Å². The third-order valence-electron chi connectivity index (χ3n) is 5.46. The summed E-state index contributed by atoms with van der Waals surface area (Å²) in [4.78, 5) is 15.0. The summed E-state index contributed by atoms with van der Waals surface area (Å²) in [5.41, 5.74) is 0.205. The number of nitrogens with zero attached hydrogens (tertiary/aromatic N) is 4. The van der Waals surface area contributed by atoms with Gasteiger partial charge in [0, 0.05) is 0 Å². The van der Waals surface area contributed by atoms with E-state index in [4.69, 9.17) is 32.7 Å². The Kier molecular flexibility index (Phi) is 11.0. The SMILES string of the molecule is CN(C)CCOc1ccc(-n2ccc3cc(I(CC(=O)OC(C)(C)C)[I-]S(=O)(=O)c4cc(Cl)cc(Cl)c4)ccc32)nn1. The zero-order chi connectivity index (χ0) is 30.7. The summed E-state index contributed by atoms with van der Waals surface area (Å²) >= 11 is 8.14. The van der Waals surface area contributed by atoms with E-state index in [1.165, 1.54) is 18.2 Å². The number of hydrogen-bond acceptors (Lipinski definition) is 8. The summed E-state index contributed by atoms with van der Waals surface area (Å²) in [6.45, 7) is 6.66. The van der Waals surface area contributed by atoms with Crippen LogP contribution in [0.5, 0.6) is 5.88 Å². The van der Waals surface area contributed by atoms with E-state index in [0.717, 1.165) is 21.0 Å². The van der Waals surface area contributed by atoms with Crippen LogP contribution in [0.2, 0.25) is 10.0 Å². The number of rotatable bonds is 11. The first-order valence-corrected chi connectivity index (χ1v) is 26.4. The van der Waals surface area contributed by atoms with E-state index in [9.17, 15) is 13.2 Å². The van der Waals surface area contributed by atoms with Crippen molar-refractivity contribution in [1.29, 1.82) is 0 Å². The minimum atomic E-state index is -3.68. The number of benzene rings is 2. The molecular formula is C28H31Cl2I2N4O5S-. The zero-order valence-electron chi connectivity index (χ0n) is 23.6. The molecule has 0 aliphatic carbocycles. The van der Waals surface area contributed by atoms with Gasteiger partial charge < -0.3 is 4.90 Å². The van der Waals surface area contributed by atoms with Crippen molar-refractivity contribution in [2.75, 3.05) is 31.7 Å². The van der Waals surface area contributed by atoms with Crippen molar-refractivity contribution in [3.05, 3.63) is 74.4 Å². The summed E-state index contributed by atoms with van der Waals surface area (Å²) in [7, 11) is 0.259. The average Bonchev–Trinajstić information content (AvgIpc) is 3.30. The molecule has 14 heteroatoms. The Hall–Kier alpha value is -1.72. The first-order valence-electron chi connectivity index (χ1n) is 12.7. The number of fused-ring (bicyclic) bond motifs is 1. The van der Waals surface area contributed by atoms with Crippen molar-refractivity contribution in [1.82, 2.24) is 19.7 Å². The topological polar surface area (TPSA) is 104 Å². The van der Waals surface area contributed by atoms with Gasteiger partial charge in [-0.2, -0.15) is 0 Å². The quantitative estimate of drug-likeness (QED) is 0.0983. The van der Waals surface area contributed by atoms with Gasteiger partial charge in [-0.1, -0.05) is 0 Å². The van der Waals surface area contributed by atoms with Gasteiger partial charge >= 0.3 is 251 Å². The molecule has 2 heterocycles. The Morgan fingerprint density at radius 2 is 1.74 bits per heavy atom. The van der Waals surface area contributed by atoms with E-state index in [0.29, 0.717) is 18.3 Å². The number of ether oxygens (including phenoxy) is 2. The Balaban J connectivity index is 1.63. The van der Waals surface area contributed by atoms with Crippen LogP contribution in [0.25, 0.3) is 16.7 Å². The maximum absolute atomic E-state index is 13.6. The molecule has 0 atom stereocenters. The molecule has 4 rings (SSSR count). The van der Waals surface area contributed by atoms with E-state index in [1.807, 2.05) is 60.1 Å². The van der Waals surface area contributed by atoms with Gasteiger partial charge in [0.25, 0.3) is 0 Å². The molecule has 228 valence electrons. The fourth-order valence-electron chi connectivity index (χ4n) is 3.68. The van der Waals surface area contributed by atoms with Crippen LogP contribution in [0.15, 0.2) is 65.7 Å². The van der Waals surface area contributed by atoms with Gasteiger partial charge in [-0.05, 0) is 14.1 Å². The third kappa shape index (κ3) is 9.14. The monoisotopic (exact) mass is 859 g/mol. The van der Waals surface area contributed by atoms with Crippen molar-refractivity contribution in [3.8, 4) is 11.7 Å². The number of carbonyl (C=O) groups excluding carboxylic acids is 1. The predicted molar refractivity (Wildman–Crippen MR) is 170 cm³/mol. The molecule has 2 aromatic carbocycles. The number of carbonyl (C=O) groups is 1. The molecule has 0 radical (unpaired) electrons. The molecule has 0 bridgehead atoms. The van der Waals surface area contributed by atoms with Crippen molar-refractivity contribution >= 4 is 62.9 Å². The number of hydrogen-bond donors (Lipinski definition) is 0. The normalized spacial score (nSPS) is 12.6. The van der Waals surface area contributed by atoms with Crippen LogP contribution >= 0.6 is 39.0 Å². The van der Waals surface area contributed by atoms with E-state index >= 15 is 0 Å². The average molecular weight is 860 g/mol.